The fourth-order valence-electron chi connectivity index (χ4n) is 11.4. The van der Waals surface area contributed by atoms with Gasteiger partial charge in [0.15, 0.2) is 11.2 Å². The van der Waals surface area contributed by atoms with Crippen molar-refractivity contribution >= 4 is 99.9 Å². The van der Waals surface area contributed by atoms with Crippen molar-refractivity contribution in [1.29, 1.82) is 0 Å². The number of imidazole rings is 1. The van der Waals surface area contributed by atoms with Crippen LogP contribution in [0, 0.1) is 13.8 Å². The Kier molecular flexibility index (Phi) is 3.50. The SMILES string of the molecule is Cc1cccc2c1c1nc3cc4c(c5c3n1c1c3c6c(c(C)c21)c1cccc2oc7cccc(c7n6c21)B53)C1(C)CCC4(C)CC1. The summed E-state index contributed by atoms with van der Waals surface area (Å²) < 4.78 is 12.0. The average Bonchev–Trinajstić information content (AvgIpc) is 3.62. The minimum atomic E-state index is 0.120. The highest BCUT2D eigenvalue weighted by atomic mass is 16.3. The molecule has 9 aromatic rings. The summed E-state index contributed by atoms with van der Waals surface area (Å²) in [6.45, 7) is 9.86. The third kappa shape index (κ3) is 2.15. The Morgan fingerprint density at radius 1 is 0.696 bits per heavy atom. The first-order chi connectivity index (χ1) is 22.4. The zero-order valence-electron chi connectivity index (χ0n) is 26.4. The van der Waals surface area contributed by atoms with Crippen molar-refractivity contribution in [3.63, 3.8) is 0 Å². The molecule has 1 saturated carbocycles. The number of nitrogens with zero attached hydrogens (tertiary/aromatic N) is 3. The molecule has 218 valence electrons. The lowest BCUT2D eigenvalue weighted by atomic mass is 9.32. The molecule has 0 N–H and O–H groups in total. The Morgan fingerprint density at radius 3 is 2.24 bits per heavy atom. The van der Waals surface area contributed by atoms with Crippen LogP contribution >= 0.6 is 0 Å². The van der Waals surface area contributed by atoms with E-state index in [1.807, 2.05) is 0 Å². The number of aryl methyl sites for hydroxylation is 2. The fraction of sp³-hybridized carbons (Fsp3) is 0.244. The van der Waals surface area contributed by atoms with E-state index in [4.69, 9.17) is 9.40 Å². The van der Waals surface area contributed by atoms with E-state index in [0.717, 1.165) is 16.8 Å². The summed E-state index contributed by atoms with van der Waals surface area (Å²) in [7, 11) is 0. The molecule has 0 unspecified atom stereocenters. The molecule has 0 spiro atoms. The van der Waals surface area contributed by atoms with Crippen molar-refractivity contribution in [3.05, 3.63) is 82.9 Å². The Hall–Kier alpha value is -4.77. The monoisotopic (exact) mass is 591 g/mol. The van der Waals surface area contributed by atoms with Crippen LogP contribution in [0.5, 0.6) is 0 Å². The minimum Gasteiger partial charge on any atom is -0.453 e. The first-order valence-electron chi connectivity index (χ1n) is 17.0. The van der Waals surface area contributed by atoms with Gasteiger partial charge in [0.25, 0.3) is 6.71 Å². The van der Waals surface area contributed by atoms with Crippen LogP contribution in [0.25, 0.3) is 76.8 Å². The van der Waals surface area contributed by atoms with Gasteiger partial charge >= 0.3 is 0 Å². The van der Waals surface area contributed by atoms with Crippen LogP contribution in [0.4, 0.5) is 0 Å². The van der Waals surface area contributed by atoms with E-state index in [0.29, 0.717) is 0 Å². The third-order valence-corrected chi connectivity index (χ3v) is 13.5. The quantitative estimate of drug-likeness (QED) is 0.102. The molecule has 0 atom stereocenters. The Labute approximate surface area is 264 Å². The minimum absolute atomic E-state index is 0.120. The summed E-state index contributed by atoms with van der Waals surface area (Å²) in [6, 6.07) is 22.8. The van der Waals surface area contributed by atoms with Crippen LogP contribution in [-0.4, -0.2) is 20.5 Å². The smallest absolute Gasteiger partial charge is 0.252 e. The van der Waals surface area contributed by atoms with Crippen LogP contribution in [0.15, 0.2) is 65.1 Å². The van der Waals surface area contributed by atoms with Gasteiger partial charge in [0.1, 0.15) is 5.65 Å². The van der Waals surface area contributed by atoms with E-state index in [-0.39, 0.29) is 17.5 Å². The molecular formula is C41H30BN3O. The number of fused-ring (bicyclic) bond motifs is 8. The van der Waals surface area contributed by atoms with Gasteiger partial charge in [-0.3, -0.25) is 4.40 Å². The second-order valence-corrected chi connectivity index (χ2v) is 15.7. The van der Waals surface area contributed by atoms with Gasteiger partial charge in [-0.05, 0) is 113 Å². The topological polar surface area (TPSA) is 34.9 Å². The molecule has 46 heavy (non-hydrogen) atoms. The molecule has 5 aliphatic rings. The summed E-state index contributed by atoms with van der Waals surface area (Å²) in [5.74, 6) is 0. The molecule has 4 nitrogen and oxygen atoms in total. The first kappa shape index (κ1) is 23.6. The van der Waals surface area contributed by atoms with E-state index < -0.39 is 0 Å². The van der Waals surface area contributed by atoms with Gasteiger partial charge in [-0.2, -0.15) is 0 Å². The predicted octanol–water partition coefficient (Wildman–Crippen LogP) is 7.96. The number of hydrogen-bond donors (Lipinski definition) is 0. The van der Waals surface area contributed by atoms with Gasteiger partial charge in [-0.1, -0.05) is 56.3 Å². The van der Waals surface area contributed by atoms with Crippen molar-refractivity contribution in [1.82, 2.24) is 13.8 Å². The highest BCUT2D eigenvalue weighted by Gasteiger charge is 2.52. The van der Waals surface area contributed by atoms with E-state index in [2.05, 4.69) is 97.2 Å². The van der Waals surface area contributed by atoms with Crippen LogP contribution in [0.1, 0.15) is 61.8 Å². The number of benzene rings is 5. The molecule has 2 aliphatic heterocycles. The van der Waals surface area contributed by atoms with Crippen molar-refractivity contribution < 1.29 is 4.42 Å². The number of rotatable bonds is 0. The second-order valence-electron chi connectivity index (χ2n) is 15.7. The lowest BCUT2D eigenvalue weighted by Crippen LogP contribution is -2.61. The summed E-state index contributed by atoms with van der Waals surface area (Å²) in [5, 5.41) is 6.66. The van der Waals surface area contributed by atoms with E-state index in [1.54, 1.807) is 11.1 Å². The number of pyridine rings is 1. The van der Waals surface area contributed by atoms with Gasteiger partial charge in [0.05, 0.1) is 33.1 Å². The second kappa shape index (κ2) is 6.83. The maximum atomic E-state index is 6.80. The van der Waals surface area contributed by atoms with Gasteiger partial charge < -0.3 is 8.82 Å². The molecule has 6 heterocycles. The summed E-state index contributed by atoms with van der Waals surface area (Å²) in [5.41, 5.74) is 21.3. The lowest BCUT2D eigenvalue weighted by Gasteiger charge is -2.53. The molecule has 0 amide bonds. The largest absolute Gasteiger partial charge is 0.453 e. The van der Waals surface area contributed by atoms with Crippen molar-refractivity contribution in [2.75, 3.05) is 0 Å². The summed E-state index contributed by atoms with van der Waals surface area (Å²) in [4.78, 5) is 5.65. The maximum Gasteiger partial charge on any atom is 0.252 e. The van der Waals surface area contributed by atoms with E-state index >= 15 is 0 Å². The van der Waals surface area contributed by atoms with Gasteiger partial charge in [0, 0.05) is 21.5 Å². The zero-order valence-corrected chi connectivity index (χ0v) is 26.4. The highest BCUT2D eigenvalue weighted by Crippen LogP contribution is 2.57. The van der Waals surface area contributed by atoms with Crippen LogP contribution in [0.2, 0.25) is 0 Å². The molecule has 3 aliphatic carbocycles. The van der Waals surface area contributed by atoms with Gasteiger partial charge in [-0.15, -0.1) is 0 Å². The molecular weight excluding hydrogens is 561 g/mol. The molecule has 0 radical (unpaired) electrons. The fourth-order valence-corrected chi connectivity index (χ4v) is 11.4. The normalized spacial score (nSPS) is 22.6. The molecule has 4 aromatic heterocycles. The third-order valence-electron chi connectivity index (χ3n) is 13.5. The van der Waals surface area contributed by atoms with Crippen molar-refractivity contribution in [3.8, 4) is 0 Å². The lowest BCUT2D eigenvalue weighted by molar-refractivity contribution is 0.189. The Morgan fingerprint density at radius 2 is 1.39 bits per heavy atom. The molecule has 2 bridgehead atoms. The Bertz CT molecular complexity index is 3030. The van der Waals surface area contributed by atoms with Gasteiger partial charge in [0.2, 0.25) is 0 Å². The molecule has 1 fully saturated rings. The maximum absolute atomic E-state index is 6.80. The first-order valence-corrected chi connectivity index (χ1v) is 17.0. The summed E-state index contributed by atoms with van der Waals surface area (Å²) >= 11 is 0. The molecule has 5 aromatic carbocycles. The van der Waals surface area contributed by atoms with Crippen LogP contribution in [0.3, 0.4) is 0 Å². The molecule has 0 saturated heterocycles. The molecule has 5 heteroatoms. The van der Waals surface area contributed by atoms with Crippen molar-refractivity contribution in [2.24, 2.45) is 0 Å². The van der Waals surface area contributed by atoms with E-state index in [1.165, 1.54) is 113 Å². The number of hydrogen-bond acceptors (Lipinski definition) is 2. The predicted molar refractivity (Wildman–Crippen MR) is 191 cm³/mol. The average molecular weight is 592 g/mol. The molecule has 14 rings (SSSR count). The zero-order chi connectivity index (χ0) is 30.2. The van der Waals surface area contributed by atoms with Crippen molar-refractivity contribution in [2.45, 2.75) is 64.2 Å². The standard InChI is InChI=1S/C41H30BN3O/c1-19-8-5-9-21-28(19)39-43-25-18-23-31(41(4)16-14-40(23,3)15-17-41)32-36(25)45(39)38-29(21)20(2)30-22-10-6-12-26-34(22)44-35-24(11-7-13-27(35)46-26)42(32)33(38)37(30)44/h5-13,18H,14-17H2,1-4H3. The van der Waals surface area contributed by atoms with E-state index in [9.17, 15) is 0 Å². The Balaban J connectivity index is 1.45. The summed E-state index contributed by atoms with van der Waals surface area (Å²) in [6.07, 6.45) is 5.03. The van der Waals surface area contributed by atoms with Crippen LogP contribution in [-0.2, 0) is 10.8 Å². The van der Waals surface area contributed by atoms with Gasteiger partial charge in [-0.25, -0.2) is 4.98 Å². The number of para-hydroxylation sites is 2. The van der Waals surface area contributed by atoms with Crippen LogP contribution < -0.4 is 16.4 Å². The highest BCUT2D eigenvalue weighted by molar-refractivity contribution is 7.02. The number of aromatic nitrogens is 3.